The summed E-state index contributed by atoms with van der Waals surface area (Å²) in [6.45, 7) is 3.72. The Morgan fingerprint density at radius 2 is 1.94 bits per heavy atom. The van der Waals surface area contributed by atoms with Crippen LogP contribution >= 0.6 is 27.7 Å². The van der Waals surface area contributed by atoms with Crippen LogP contribution in [0.4, 0.5) is 4.39 Å². The van der Waals surface area contributed by atoms with Crippen molar-refractivity contribution < 1.29 is 9.50 Å². The molecule has 90 valence electrons. The molecule has 1 N–H and O–H groups in total. The van der Waals surface area contributed by atoms with Crippen LogP contribution in [0.2, 0.25) is 0 Å². The summed E-state index contributed by atoms with van der Waals surface area (Å²) in [7, 11) is 0. The molecule has 0 radical (unpaired) electrons. The third-order valence-corrected chi connectivity index (χ3v) is 4.33. The number of halogens is 2. The second kappa shape index (κ2) is 5.52. The first-order valence-corrected chi connectivity index (χ1v) is 7.26. The lowest BCUT2D eigenvalue weighted by Gasteiger charge is -2.28. The molecule has 0 saturated carbocycles. The van der Waals surface area contributed by atoms with Gasteiger partial charge in [-0.2, -0.15) is 0 Å². The van der Waals surface area contributed by atoms with Crippen molar-refractivity contribution in [2.75, 3.05) is 6.26 Å². The van der Waals surface area contributed by atoms with Gasteiger partial charge in [0.15, 0.2) is 0 Å². The van der Waals surface area contributed by atoms with Crippen LogP contribution in [-0.2, 0) is 5.60 Å². The summed E-state index contributed by atoms with van der Waals surface area (Å²) in [5, 5.41) is 10.4. The van der Waals surface area contributed by atoms with E-state index in [0.717, 1.165) is 0 Å². The Kier molecular flexibility index (Phi) is 4.83. The molecule has 0 unspecified atom stereocenters. The van der Waals surface area contributed by atoms with E-state index < -0.39 is 5.60 Å². The Labute approximate surface area is 109 Å². The van der Waals surface area contributed by atoms with E-state index in [0.29, 0.717) is 27.8 Å². The SMILES string of the molecule is CCC(O)(CC)c1c(Br)ccc(SC)c1F. The largest absolute Gasteiger partial charge is 0.385 e. The van der Waals surface area contributed by atoms with Crippen molar-refractivity contribution in [2.24, 2.45) is 0 Å². The fraction of sp³-hybridized carbons (Fsp3) is 0.500. The molecule has 1 nitrogen and oxygen atoms in total. The molecule has 16 heavy (non-hydrogen) atoms. The summed E-state index contributed by atoms with van der Waals surface area (Å²) in [6.07, 6.45) is 2.82. The van der Waals surface area contributed by atoms with Gasteiger partial charge in [-0.05, 0) is 31.2 Å². The fourth-order valence-corrected chi connectivity index (χ4v) is 2.88. The zero-order valence-corrected chi connectivity index (χ0v) is 12.1. The zero-order chi connectivity index (χ0) is 12.3. The van der Waals surface area contributed by atoms with Gasteiger partial charge < -0.3 is 5.11 Å². The fourth-order valence-electron chi connectivity index (χ4n) is 1.72. The van der Waals surface area contributed by atoms with Crippen LogP contribution in [0, 0.1) is 5.82 Å². The van der Waals surface area contributed by atoms with Crippen molar-refractivity contribution in [3.63, 3.8) is 0 Å². The molecule has 0 amide bonds. The van der Waals surface area contributed by atoms with Crippen LogP contribution in [-0.4, -0.2) is 11.4 Å². The molecule has 0 fully saturated rings. The number of rotatable bonds is 4. The van der Waals surface area contributed by atoms with Gasteiger partial charge in [-0.1, -0.05) is 29.8 Å². The van der Waals surface area contributed by atoms with Crippen molar-refractivity contribution >= 4 is 27.7 Å². The van der Waals surface area contributed by atoms with Crippen molar-refractivity contribution in [2.45, 2.75) is 37.2 Å². The third kappa shape index (κ3) is 2.44. The van der Waals surface area contributed by atoms with Gasteiger partial charge >= 0.3 is 0 Å². The molecule has 0 spiro atoms. The van der Waals surface area contributed by atoms with E-state index in [-0.39, 0.29) is 5.82 Å². The maximum absolute atomic E-state index is 14.2. The van der Waals surface area contributed by atoms with Crippen LogP contribution in [0.1, 0.15) is 32.3 Å². The summed E-state index contributed by atoms with van der Waals surface area (Å²) < 4.78 is 14.8. The van der Waals surface area contributed by atoms with E-state index in [1.54, 1.807) is 12.1 Å². The highest BCUT2D eigenvalue weighted by molar-refractivity contribution is 9.10. The number of hydrogen-bond acceptors (Lipinski definition) is 2. The molecule has 4 heteroatoms. The van der Waals surface area contributed by atoms with Crippen molar-refractivity contribution in [1.29, 1.82) is 0 Å². The van der Waals surface area contributed by atoms with E-state index in [2.05, 4.69) is 15.9 Å². The lowest BCUT2D eigenvalue weighted by atomic mass is 9.88. The first-order chi connectivity index (χ1) is 7.50. The highest BCUT2D eigenvalue weighted by atomic mass is 79.9. The quantitative estimate of drug-likeness (QED) is 0.836. The maximum atomic E-state index is 14.2. The average Bonchev–Trinajstić information content (AvgIpc) is 2.29. The molecule has 1 aromatic carbocycles. The molecule has 1 aromatic rings. The molecule has 0 aliphatic heterocycles. The maximum Gasteiger partial charge on any atom is 0.143 e. The highest BCUT2D eigenvalue weighted by Gasteiger charge is 2.31. The first-order valence-electron chi connectivity index (χ1n) is 5.25. The molecule has 0 bridgehead atoms. The van der Waals surface area contributed by atoms with E-state index in [1.807, 2.05) is 20.1 Å². The lowest BCUT2D eigenvalue weighted by Crippen LogP contribution is -2.26. The average molecular weight is 307 g/mol. The molecule has 0 aliphatic carbocycles. The summed E-state index contributed by atoms with van der Waals surface area (Å²) >= 11 is 4.67. The van der Waals surface area contributed by atoms with E-state index in [1.165, 1.54) is 11.8 Å². The summed E-state index contributed by atoms with van der Waals surface area (Å²) in [4.78, 5) is 0.568. The monoisotopic (exact) mass is 306 g/mol. The molecular weight excluding hydrogens is 291 g/mol. The molecule has 0 heterocycles. The van der Waals surface area contributed by atoms with Gasteiger partial charge in [-0.3, -0.25) is 0 Å². The van der Waals surface area contributed by atoms with Crippen molar-refractivity contribution in [3.8, 4) is 0 Å². The van der Waals surface area contributed by atoms with E-state index in [9.17, 15) is 9.50 Å². The minimum atomic E-state index is -1.09. The second-order valence-electron chi connectivity index (χ2n) is 3.68. The Hall–Kier alpha value is -0.0600. The van der Waals surface area contributed by atoms with Crippen LogP contribution in [0.3, 0.4) is 0 Å². The highest BCUT2D eigenvalue weighted by Crippen LogP contribution is 2.38. The smallest absolute Gasteiger partial charge is 0.143 e. The van der Waals surface area contributed by atoms with Gasteiger partial charge in [-0.15, -0.1) is 11.8 Å². The van der Waals surface area contributed by atoms with Gasteiger partial charge in [0.25, 0.3) is 0 Å². The molecular formula is C12H16BrFOS. The van der Waals surface area contributed by atoms with Gasteiger partial charge in [0.2, 0.25) is 0 Å². The number of aliphatic hydroxyl groups is 1. The van der Waals surface area contributed by atoms with Gasteiger partial charge in [-0.25, -0.2) is 4.39 Å². The van der Waals surface area contributed by atoms with Crippen LogP contribution < -0.4 is 0 Å². The first kappa shape index (κ1) is 14.0. The van der Waals surface area contributed by atoms with Crippen LogP contribution in [0.25, 0.3) is 0 Å². The predicted octanol–water partition coefficient (Wildman–Crippen LogP) is 4.32. The molecule has 0 aromatic heterocycles. The normalized spacial score (nSPS) is 11.9. The van der Waals surface area contributed by atoms with E-state index in [4.69, 9.17) is 0 Å². The number of benzene rings is 1. The Bertz CT molecular complexity index is 378. The van der Waals surface area contributed by atoms with Gasteiger partial charge in [0.05, 0.1) is 5.60 Å². The van der Waals surface area contributed by atoms with Crippen molar-refractivity contribution in [1.82, 2.24) is 0 Å². The number of thioether (sulfide) groups is 1. The molecule has 0 aliphatic rings. The lowest BCUT2D eigenvalue weighted by molar-refractivity contribution is 0.0236. The minimum absolute atomic E-state index is 0.312. The number of hydrogen-bond donors (Lipinski definition) is 1. The third-order valence-electron chi connectivity index (χ3n) is 2.91. The minimum Gasteiger partial charge on any atom is -0.385 e. The Balaban J connectivity index is 3.41. The zero-order valence-electron chi connectivity index (χ0n) is 9.68. The molecule has 1 rings (SSSR count). The standard InChI is InChI=1S/C12H16BrFOS/c1-4-12(15,5-2)10-8(13)6-7-9(16-3)11(10)14/h6-7,15H,4-5H2,1-3H3. The molecule has 0 saturated heterocycles. The summed E-state index contributed by atoms with van der Waals surface area (Å²) in [6, 6.07) is 3.51. The summed E-state index contributed by atoms with van der Waals surface area (Å²) in [5.74, 6) is -0.312. The predicted molar refractivity (Wildman–Crippen MR) is 70.4 cm³/mol. The molecule has 0 atom stereocenters. The van der Waals surface area contributed by atoms with Crippen molar-refractivity contribution in [3.05, 3.63) is 28.0 Å². The van der Waals surface area contributed by atoms with Gasteiger partial charge in [0.1, 0.15) is 5.82 Å². The topological polar surface area (TPSA) is 20.2 Å². The Morgan fingerprint density at radius 3 is 2.38 bits per heavy atom. The van der Waals surface area contributed by atoms with E-state index >= 15 is 0 Å². The second-order valence-corrected chi connectivity index (χ2v) is 5.38. The Morgan fingerprint density at radius 1 is 1.38 bits per heavy atom. The van der Waals surface area contributed by atoms with Gasteiger partial charge in [0, 0.05) is 14.9 Å². The summed E-state index contributed by atoms with van der Waals surface area (Å²) in [5.41, 5.74) is -0.710. The van der Waals surface area contributed by atoms with Crippen LogP contribution in [0.15, 0.2) is 21.5 Å². The van der Waals surface area contributed by atoms with Crippen LogP contribution in [0.5, 0.6) is 0 Å².